The molecule has 0 spiro atoms. The molecule has 0 N–H and O–H groups in total. The van der Waals surface area contributed by atoms with E-state index >= 15 is 0 Å². The third-order valence-corrected chi connectivity index (χ3v) is 4.38. The molecule has 122 valence electrons. The number of nitrogens with zero attached hydrogens (tertiary/aromatic N) is 5. The number of aryl methyl sites for hydroxylation is 1. The summed E-state index contributed by atoms with van der Waals surface area (Å²) in [4.78, 5) is 44.1. The predicted molar refractivity (Wildman–Crippen MR) is 86.7 cm³/mol. The minimum Gasteiger partial charge on any atom is -0.367 e. The molecular weight excluding hydrogens is 298 g/mol. The van der Waals surface area contributed by atoms with Gasteiger partial charge in [0.15, 0.2) is 5.65 Å². The van der Waals surface area contributed by atoms with Gasteiger partial charge in [0.05, 0.1) is 5.69 Å². The van der Waals surface area contributed by atoms with Gasteiger partial charge in [0, 0.05) is 53.4 Å². The lowest BCUT2D eigenvalue weighted by atomic mass is 10.2. The summed E-state index contributed by atoms with van der Waals surface area (Å²) in [6.45, 7) is 4.08. The van der Waals surface area contributed by atoms with Gasteiger partial charge in [0.25, 0.3) is 5.56 Å². The van der Waals surface area contributed by atoms with E-state index in [0.717, 1.165) is 10.3 Å². The summed E-state index contributed by atoms with van der Waals surface area (Å²) in [6, 6.07) is 1.79. The molecule has 0 unspecified atom stereocenters. The molecule has 0 aromatic carbocycles. The van der Waals surface area contributed by atoms with Crippen LogP contribution in [0.5, 0.6) is 0 Å². The Balaban J connectivity index is 2.12. The molecule has 3 rings (SSSR count). The Labute approximate surface area is 132 Å². The number of carbonyl (C=O) groups excluding carboxylic acids is 1. The van der Waals surface area contributed by atoms with Gasteiger partial charge in [-0.3, -0.25) is 18.7 Å². The summed E-state index contributed by atoms with van der Waals surface area (Å²) in [5.74, 6) is 0.0579. The lowest BCUT2D eigenvalue weighted by molar-refractivity contribution is -0.129. The third-order valence-electron chi connectivity index (χ3n) is 4.38. The second-order valence-corrected chi connectivity index (χ2v) is 5.73. The van der Waals surface area contributed by atoms with Gasteiger partial charge >= 0.3 is 5.69 Å². The minimum atomic E-state index is -0.395. The van der Waals surface area contributed by atoms with Crippen molar-refractivity contribution in [1.82, 2.24) is 19.0 Å². The largest absolute Gasteiger partial charge is 0.367 e. The molecule has 0 bridgehead atoms. The van der Waals surface area contributed by atoms with Crippen LogP contribution in [0.4, 0.5) is 5.69 Å². The van der Waals surface area contributed by atoms with Gasteiger partial charge in [-0.05, 0) is 6.07 Å². The Morgan fingerprint density at radius 3 is 2.35 bits per heavy atom. The number of carbonyl (C=O) groups is 1. The first kappa shape index (κ1) is 15.3. The summed E-state index contributed by atoms with van der Waals surface area (Å²) in [5, 5.41) is 0.438. The molecule has 1 fully saturated rings. The Morgan fingerprint density at radius 2 is 1.74 bits per heavy atom. The maximum absolute atomic E-state index is 12.6. The van der Waals surface area contributed by atoms with Gasteiger partial charge < -0.3 is 9.80 Å². The van der Waals surface area contributed by atoms with E-state index in [9.17, 15) is 14.4 Å². The zero-order chi connectivity index (χ0) is 16.7. The van der Waals surface area contributed by atoms with Crippen molar-refractivity contribution >= 4 is 22.6 Å². The minimum absolute atomic E-state index is 0.0579. The van der Waals surface area contributed by atoms with Crippen molar-refractivity contribution in [3.05, 3.63) is 33.1 Å². The topological polar surface area (TPSA) is 80.4 Å². The van der Waals surface area contributed by atoms with E-state index in [4.69, 9.17) is 0 Å². The quantitative estimate of drug-likeness (QED) is 0.695. The average Bonchev–Trinajstić information content (AvgIpc) is 2.57. The number of fused-ring (bicyclic) bond motifs is 1. The molecule has 23 heavy (non-hydrogen) atoms. The first-order valence-electron chi connectivity index (χ1n) is 7.47. The van der Waals surface area contributed by atoms with E-state index in [-0.39, 0.29) is 11.5 Å². The summed E-state index contributed by atoms with van der Waals surface area (Å²) >= 11 is 0. The molecule has 1 aliphatic heterocycles. The number of anilines is 1. The van der Waals surface area contributed by atoms with Crippen LogP contribution >= 0.6 is 0 Å². The molecule has 8 nitrogen and oxygen atoms in total. The zero-order valence-corrected chi connectivity index (χ0v) is 13.4. The van der Waals surface area contributed by atoms with E-state index in [2.05, 4.69) is 9.88 Å². The predicted octanol–water partition coefficient (Wildman–Crippen LogP) is -0.699. The number of amides is 1. The van der Waals surface area contributed by atoms with Crippen molar-refractivity contribution in [2.24, 2.45) is 14.1 Å². The van der Waals surface area contributed by atoms with Crippen LogP contribution in [-0.4, -0.2) is 51.1 Å². The van der Waals surface area contributed by atoms with Crippen molar-refractivity contribution in [2.75, 3.05) is 31.1 Å². The maximum Gasteiger partial charge on any atom is 0.332 e. The van der Waals surface area contributed by atoms with Crippen molar-refractivity contribution < 1.29 is 4.79 Å². The second kappa shape index (κ2) is 5.53. The number of pyridine rings is 1. The molecule has 8 heteroatoms. The SMILES string of the molecule is CC(=O)N1CCN(c2ccnc3c2c(=O)n(C)c(=O)n3C)CC1. The summed E-state index contributed by atoms with van der Waals surface area (Å²) in [6.07, 6.45) is 1.61. The Morgan fingerprint density at radius 1 is 1.09 bits per heavy atom. The van der Waals surface area contributed by atoms with Gasteiger partial charge in [-0.25, -0.2) is 9.78 Å². The molecule has 0 aliphatic carbocycles. The molecule has 0 atom stereocenters. The Bertz CT molecular complexity index is 890. The van der Waals surface area contributed by atoms with Crippen molar-refractivity contribution in [1.29, 1.82) is 0 Å². The number of hydrogen-bond donors (Lipinski definition) is 0. The van der Waals surface area contributed by atoms with E-state index in [1.807, 2.05) is 0 Å². The average molecular weight is 317 g/mol. The fourth-order valence-corrected chi connectivity index (χ4v) is 3.00. The summed E-state index contributed by atoms with van der Waals surface area (Å²) in [5.41, 5.74) is 0.396. The van der Waals surface area contributed by atoms with Crippen LogP contribution in [0.1, 0.15) is 6.92 Å². The number of aromatic nitrogens is 3. The smallest absolute Gasteiger partial charge is 0.332 e. The fraction of sp³-hybridized carbons (Fsp3) is 0.467. The summed E-state index contributed by atoms with van der Waals surface area (Å²) < 4.78 is 2.48. The molecule has 1 aliphatic rings. The van der Waals surface area contributed by atoms with Crippen molar-refractivity contribution in [3.8, 4) is 0 Å². The number of piperazine rings is 1. The van der Waals surface area contributed by atoms with Crippen LogP contribution in [0.3, 0.4) is 0 Å². The van der Waals surface area contributed by atoms with Gasteiger partial charge in [-0.1, -0.05) is 0 Å². The summed E-state index contributed by atoms with van der Waals surface area (Å²) in [7, 11) is 3.07. The fourth-order valence-electron chi connectivity index (χ4n) is 3.00. The lowest BCUT2D eigenvalue weighted by Gasteiger charge is -2.36. The van der Waals surface area contributed by atoms with Gasteiger partial charge in [0.1, 0.15) is 5.39 Å². The van der Waals surface area contributed by atoms with Crippen molar-refractivity contribution in [3.63, 3.8) is 0 Å². The van der Waals surface area contributed by atoms with E-state index in [1.165, 1.54) is 11.6 Å². The first-order chi connectivity index (χ1) is 10.9. The molecule has 0 saturated carbocycles. The lowest BCUT2D eigenvalue weighted by Crippen LogP contribution is -2.48. The highest BCUT2D eigenvalue weighted by molar-refractivity contribution is 5.88. The van der Waals surface area contributed by atoms with Crippen molar-refractivity contribution in [2.45, 2.75) is 6.92 Å². The molecule has 2 aromatic heterocycles. The van der Waals surface area contributed by atoms with Crippen LogP contribution < -0.4 is 16.1 Å². The Hall–Kier alpha value is -2.64. The van der Waals surface area contributed by atoms with Gasteiger partial charge in [-0.2, -0.15) is 0 Å². The van der Waals surface area contributed by atoms with Crippen LogP contribution in [0.15, 0.2) is 21.9 Å². The second-order valence-electron chi connectivity index (χ2n) is 5.73. The molecule has 1 amide bonds. The highest BCUT2D eigenvalue weighted by Crippen LogP contribution is 2.22. The standard InChI is InChI=1S/C15H19N5O3/c1-10(21)19-6-8-20(9-7-19)11-4-5-16-13-12(11)14(22)18(3)15(23)17(13)2/h4-5H,6-9H2,1-3H3. The normalized spacial score (nSPS) is 15.3. The van der Waals surface area contributed by atoms with Gasteiger partial charge in [0.2, 0.25) is 5.91 Å². The van der Waals surface area contributed by atoms with Crippen LogP contribution in [0, 0.1) is 0 Å². The van der Waals surface area contributed by atoms with E-state index in [0.29, 0.717) is 37.2 Å². The monoisotopic (exact) mass is 317 g/mol. The molecular formula is C15H19N5O3. The molecule has 0 radical (unpaired) electrons. The highest BCUT2D eigenvalue weighted by atomic mass is 16.2. The van der Waals surface area contributed by atoms with Gasteiger partial charge in [-0.15, -0.1) is 0 Å². The zero-order valence-electron chi connectivity index (χ0n) is 13.4. The van der Waals surface area contributed by atoms with E-state index in [1.54, 1.807) is 31.1 Å². The van der Waals surface area contributed by atoms with Crippen LogP contribution in [0.2, 0.25) is 0 Å². The number of hydrogen-bond acceptors (Lipinski definition) is 5. The highest BCUT2D eigenvalue weighted by Gasteiger charge is 2.22. The van der Waals surface area contributed by atoms with Crippen LogP contribution in [-0.2, 0) is 18.9 Å². The number of rotatable bonds is 1. The van der Waals surface area contributed by atoms with E-state index < -0.39 is 5.69 Å². The third kappa shape index (κ3) is 2.39. The molecule has 2 aromatic rings. The van der Waals surface area contributed by atoms with Crippen LogP contribution in [0.25, 0.3) is 11.0 Å². The molecule has 1 saturated heterocycles. The maximum atomic E-state index is 12.6. The molecule has 3 heterocycles. The first-order valence-corrected chi connectivity index (χ1v) is 7.47. The Kier molecular flexibility index (Phi) is 3.67.